The van der Waals surface area contributed by atoms with Crippen LogP contribution in [0.25, 0.3) is 0 Å². The maximum atomic E-state index is 13.6. The lowest BCUT2D eigenvalue weighted by Crippen LogP contribution is -2.09. The second-order valence-corrected chi connectivity index (χ2v) is 6.34. The third kappa shape index (κ3) is 7.23. The van der Waals surface area contributed by atoms with Gasteiger partial charge >= 0.3 is 11.9 Å². The molecule has 0 atom stereocenters. The van der Waals surface area contributed by atoms with Gasteiger partial charge in [-0.1, -0.05) is 32.3 Å². The number of esters is 2. The molecule has 2 aromatic carbocycles. The van der Waals surface area contributed by atoms with E-state index < -0.39 is 17.8 Å². The van der Waals surface area contributed by atoms with Gasteiger partial charge in [0.05, 0.1) is 11.1 Å². The number of carbonyl (C=O) groups is 2. The monoisotopic (exact) mass is 395 g/mol. The predicted octanol–water partition coefficient (Wildman–Crippen LogP) is 5.35. The number of rotatable bonds is 9. The summed E-state index contributed by atoms with van der Waals surface area (Å²) in [5.74, 6) is -1.65. The molecule has 2 aromatic rings. The highest BCUT2D eigenvalue weighted by atomic mass is 19.1. The molecule has 0 saturated carbocycles. The van der Waals surface area contributed by atoms with Gasteiger partial charge in [-0.3, -0.25) is 0 Å². The van der Waals surface area contributed by atoms with Crippen molar-refractivity contribution in [3.8, 4) is 17.6 Å². The van der Waals surface area contributed by atoms with Gasteiger partial charge in [-0.2, -0.15) is 5.26 Å². The Morgan fingerprint density at radius 2 is 1.76 bits per heavy atom. The fourth-order valence-electron chi connectivity index (χ4n) is 2.49. The van der Waals surface area contributed by atoms with Crippen molar-refractivity contribution in [1.29, 1.82) is 5.26 Å². The van der Waals surface area contributed by atoms with Crippen molar-refractivity contribution in [2.75, 3.05) is 0 Å². The van der Waals surface area contributed by atoms with Crippen molar-refractivity contribution >= 4 is 11.9 Å². The van der Waals surface area contributed by atoms with E-state index in [0.29, 0.717) is 5.75 Å². The first-order chi connectivity index (χ1) is 14.0. The number of nitrogens with zero attached hydrogens (tertiary/aromatic N) is 1. The molecule has 0 aliphatic rings. The summed E-state index contributed by atoms with van der Waals surface area (Å²) in [6.45, 7) is 2.14. The molecule has 0 aliphatic heterocycles. The van der Waals surface area contributed by atoms with Crippen molar-refractivity contribution < 1.29 is 23.5 Å². The fourth-order valence-corrected chi connectivity index (χ4v) is 2.49. The quantitative estimate of drug-likeness (QED) is 0.248. The highest BCUT2D eigenvalue weighted by Gasteiger charge is 2.11. The van der Waals surface area contributed by atoms with Crippen molar-refractivity contribution in [2.24, 2.45) is 0 Å². The Hall–Kier alpha value is -3.46. The van der Waals surface area contributed by atoms with Crippen LogP contribution in [0.5, 0.6) is 11.5 Å². The zero-order chi connectivity index (χ0) is 21.1. The molecule has 2 rings (SSSR count). The van der Waals surface area contributed by atoms with Crippen LogP contribution < -0.4 is 9.47 Å². The molecule has 0 heterocycles. The number of benzene rings is 2. The number of carbonyl (C=O) groups excluding carboxylic acids is 2. The first-order valence-corrected chi connectivity index (χ1v) is 9.43. The molecule has 0 aromatic heterocycles. The highest BCUT2D eigenvalue weighted by molar-refractivity contribution is 5.91. The first kappa shape index (κ1) is 21.8. The molecule has 0 N–H and O–H groups in total. The lowest BCUT2D eigenvalue weighted by molar-refractivity contribution is -0.129. The Bertz CT molecular complexity index is 913. The SMILES string of the molecule is CCCCCC/C=C/C(=O)Oc1ccc(C(=O)Oc2ccc(C#N)c(F)c2)cc1. The molecule has 0 aliphatic carbocycles. The molecule has 5 nitrogen and oxygen atoms in total. The van der Waals surface area contributed by atoms with Crippen LogP contribution in [-0.2, 0) is 4.79 Å². The van der Waals surface area contributed by atoms with Gasteiger partial charge in [-0.15, -0.1) is 0 Å². The second kappa shape index (κ2) is 11.4. The van der Waals surface area contributed by atoms with Crippen LogP contribution in [0.15, 0.2) is 54.6 Å². The molecule has 150 valence electrons. The number of ether oxygens (including phenoxy) is 2. The summed E-state index contributed by atoms with van der Waals surface area (Å²) in [5.41, 5.74) is 0.0759. The van der Waals surface area contributed by atoms with Gasteiger partial charge in [0.1, 0.15) is 23.4 Å². The predicted molar refractivity (Wildman–Crippen MR) is 106 cm³/mol. The molecule has 0 fully saturated rings. The van der Waals surface area contributed by atoms with Crippen LogP contribution >= 0.6 is 0 Å². The van der Waals surface area contributed by atoms with Gasteiger partial charge < -0.3 is 9.47 Å². The van der Waals surface area contributed by atoms with E-state index in [1.54, 1.807) is 12.1 Å². The topological polar surface area (TPSA) is 76.4 Å². The van der Waals surface area contributed by atoms with Gasteiger partial charge in [-0.05, 0) is 49.2 Å². The van der Waals surface area contributed by atoms with Crippen molar-refractivity contribution in [1.82, 2.24) is 0 Å². The van der Waals surface area contributed by atoms with E-state index >= 15 is 0 Å². The lowest BCUT2D eigenvalue weighted by atomic mass is 10.1. The standard InChI is InChI=1S/C23H22FNO4/c1-2-3-4-5-6-7-8-22(26)28-19-12-9-17(10-13-19)23(27)29-20-14-11-18(16-25)21(24)15-20/h7-15H,2-6H2,1H3/b8-7+. The van der Waals surface area contributed by atoms with Gasteiger partial charge in [0, 0.05) is 12.1 Å². The number of hydrogen-bond acceptors (Lipinski definition) is 5. The molecule has 0 spiro atoms. The molecular formula is C23H22FNO4. The summed E-state index contributed by atoms with van der Waals surface area (Å²) in [7, 11) is 0. The van der Waals surface area contributed by atoms with E-state index in [1.165, 1.54) is 55.3 Å². The van der Waals surface area contributed by atoms with Crippen molar-refractivity contribution in [3.05, 3.63) is 71.6 Å². The Morgan fingerprint density at radius 1 is 1.03 bits per heavy atom. The normalized spacial score (nSPS) is 10.5. The number of unbranched alkanes of at least 4 members (excludes halogenated alkanes) is 4. The van der Waals surface area contributed by atoms with Gasteiger partial charge in [0.15, 0.2) is 0 Å². The third-order valence-corrected chi connectivity index (χ3v) is 4.06. The molecule has 0 bridgehead atoms. The number of nitriles is 1. The van der Waals surface area contributed by atoms with E-state index in [9.17, 15) is 14.0 Å². The van der Waals surface area contributed by atoms with Crippen LogP contribution in [-0.4, -0.2) is 11.9 Å². The van der Waals surface area contributed by atoms with Gasteiger partial charge in [0.25, 0.3) is 0 Å². The summed E-state index contributed by atoms with van der Waals surface area (Å²) in [4.78, 5) is 23.9. The Labute approximate surface area is 169 Å². The summed E-state index contributed by atoms with van der Waals surface area (Å²) in [6.07, 6.45) is 8.55. The Balaban J connectivity index is 1.86. The van der Waals surface area contributed by atoms with Crippen molar-refractivity contribution in [2.45, 2.75) is 39.0 Å². The minimum absolute atomic E-state index is 0.00826. The molecule has 0 saturated heterocycles. The van der Waals surface area contributed by atoms with Crippen LogP contribution in [0.4, 0.5) is 4.39 Å². The minimum atomic E-state index is -0.765. The van der Waals surface area contributed by atoms with Crippen molar-refractivity contribution in [3.63, 3.8) is 0 Å². The summed E-state index contributed by atoms with van der Waals surface area (Å²) in [6, 6.07) is 11.1. The van der Waals surface area contributed by atoms with E-state index in [4.69, 9.17) is 14.7 Å². The maximum absolute atomic E-state index is 13.6. The molecule has 0 radical (unpaired) electrons. The van der Waals surface area contributed by atoms with Crippen LogP contribution in [0.2, 0.25) is 0 Å². The van der Waals surface area contributed by atoms with E-state index in [0.717, 1.165) is 25.3 Å². The molecular weight excluding hydrogens is 373 g/mol. The summed E-state index contributed by atoms with van der Waals surface area (Å²) >= 11 is 0. The smallest absolute Gasteiger partial charge is 0.343 e. The van der Waals surface area contributed by atoms with E-state index in [1.807, 2.05) is 0 Å². The average molecular weight is 395 g/mol. The van der Waals surface area contributed by atoms with Crippen LogP contribution in [0.1, 0.15) is 54.9 Å². The Kier molecular flexibility index (Phi) is 8.58. The largest absolute Gasteiger partial charge is 0.423 e. The van der Waals surface area contributed by atoms with Gasteiger partial charge in [-0.25, -0.2) is 14.0 Å². The molecule has 0 amide bonds. The number of hydrogen-bond donors (Lipinski definition) is 0. The minimum Gasteiger partial charge on any atom is -0.423 e. The van der Waals surface area contributed by atoms with Crippen LogP contribution in [0.3, 0.4) is 0 Å². The lowest BCUT2D eigenvalue weighted by Gasteiger charge is -2.06. The fraction of sp³-hybridized carbons (Fsp3) is 0.261. The zero-order valence-corrected chi connectivity index (χ0v) is 16.2. The second-order valence-electron chi connectivity index (χ2n) is 6.34. The molecule has 29 heavy (non-hydrogen) atoms. The summed E-state index contributed by atoms with van der Waals surface area (Å²) < 4.78 is 23.8. The number of halogens is 1. The van der Waals surface area contributed by atoms with E-state index in [2.05, 4.69) is 6.92 Å². The maximum Gasteiger partial charge on any atom is 0.343 e. The Morgan fingerprint density at radius 3 is 2.41 bits per heavy atom. The summed E-state index contributed by atoms with van der Waals surface area (Å²) in [5, 5.41) is 8.71. The van der Waals surface area contributed by atoms with E-state index in [-0.39, 0.29) is 16.9 Å². The highest BCUT2D eigenvalue weighted by Crippen LogP contribution is 2.19. The van der Waals surface area contributed by atoms with Gasteiger partial charge in [0.2, 0.25) is 0 Å². The molecule has 6 heteroatoms. The average Bonchev–Trinajstić information content (AvgIpc) is 2.71. The number of allylic oxidation sites excluding steroid dienone is 1. The zero-order valence-electron chi connectivity index (χ0n) is 16.2. The third-order valence-electron chi connectivity index (χ3n) is 4.06. The molecule has 0 unspecified atom stereocenters. The first-order valence-electron chi connectivity index (χ1n) is 9.43. The van der Waals surface area contributed by atoms with Crippen LogP contribution in [0, 0.1) is 17.1 Å².